The highest BCUT2D eigenvalue weighted by molar-refractivity contribution is 5.71. The van der Waals surface area contributed by atoms with Crippen molar-refractivity contribution in [2.45, 2.75) is 129 Å². The molecule has 0 saturated heterocycles. The van der Waals surface area contributed by atoms with Gasteiger partial charge in [0.05, 0.1) is 0 Å². The van der Waals surface area contributed by atoms with Crippen LogP contribution in [0, 0.1) is 5.92 Å². The standard InChI is InChI=1S/C22H44O3/c1-20(2)18-16-14-12-10-8-6-4-3-5-7-9-11-13-15-17-19-21(23)22(24)25/h20-21,23H,3-19H2,1-2H3,(H,24,25). The normalized spacial score (nSPS) is 12.6. The molecule has 0 rings (SSSR count). The molecule has 1 atom stereocenters. The largest absolute Gasteiger partial charge is 0.479 e. The van der Waals surface area contributed by atoms with Crippen molar-refractivity contribution in [3.63, 3.8) is 0 Å². The van der Waals surface area contributed by atoms with Crippen LogP contribution >= 0.6 is 0 Å². The van der Waals surface area contributed by atoms with Gasteiger partial charge in [-0.05, 0) is 12.3 Å². The third-order valence-corrected chi connectivity index (χ3v) is 5.04. The molecule has 0 amide bonds. The van der Waals surface area contributed by atoms with Gasteiger partial charge in [-0.1, -0.05) is 117 Å². The number of unbranched alkanes of at least 4 members (excludes halogenated alkanes) is 14. The first-order valence-electron chi connectivity index (χ1n) is 10.9. The van der Waals surface area contributed by atoms with Gasteiger partial charge in [-0.2, -0.15) is 0 Å². The highest BCUT2D eigenvalue weighted by Gasteiger charge is 2.11. The van der Waals surface area contributed by atoms with E-state index in [0.29, 0.717) is 6.42 Å². The molecule has 0 aliphatic heterocycles. The van der Waals surface area contributed by atoms with Gasteiger partial charge in [0.2, 0.25) is 0 Å². The molecule has 0 aromatic heterocycles. The average Bonchev–Trinajstić information content (AvgIpc) is 2.57. The van der Waals surface area contributed by atoms with Crippen LogP contribution in [-0.4, -0.2) is 22.3 Å². The van der Waals surface area contributed by atoms with E-state index in [9.17, 15) is 4.79 Å². The summed E-state index contributed by atoms with van der Waals surface area (Å²) in [5.74, 6) is -0.226. The second kappa shape index (κ2) is 18.2. The number of aliphatic carboxylic acids is 1. The molecular formula is C22H44O3. The highest BCUT2D eigenvalue weighted by Crippen LogP contribution is 2.15. The molecule has 0 aromatic rings. The van der Waals surface area contributed by atoms with Crippen LogP contribution in [0.3, 0.4) is 0 Å². The molecule has 0 saturated carbocycles. The fraction of sp³-hybridized carbons (Fsp3) is 0.955. The third-order valence-electron chi connectivity index (χ3n) is 5.04. The summed E-state index contributed by atoms with van der Waals surface area (Å²) in [4.78, 5) is 10.5. The van der Waals surface area contributed by atoms with Crippen molar-refractivity contribution in [3.8, 4) is 0 Å². The van der Waals surface area contributed by atoms with Crippen LogP contribution in [0.2, 0.25) is 0 Å². The predicted octanol–water partition coefficient (Wildman–Crippen LogP) is 6.72. The number of rotatable bonds is 19. The van der Waals surface area contributed by atoms with Gasteiger partial charge in [0.15, 0.2) is 6.10 Å². The van der Waals surface area contributed by atoms with Gasteiger partial charge >= 0.3 is 5.97 Å². The summed E-state index contributed by atoms with van der Waals surface area (Å²) in [6, 6.07) is 0. The lowest BCUT2D eigenvalue weighted by Crippen LogP contribution is -2.18. The zero-order valence-corrected chi connectivity index (χ0v) is 17.0. The van der Waals surface area contributed by atoms with E-state index in [4.69, 9.17) is 10.2 Å². The van der Waals surface area contributed by atoms with Crippen LogP contribution in [0.1, 0.15) is 123 Å². The van der Waals surface area contributed by atoms with E-state index in [2.05, 4.69) is 13.8 Å². The molecule has 0 aliphatic carbocycles. The fourth-order valence-corrected chi connectivity index (χ4v) is 3.31. The first kappa shape index (κ1) is 24.4. The molecule has 0 fully saturated rings. The molecular weight excluding hydrogens is 312 g/mol. The topological polar surface area (TPSA) is 57.5 Å². The maximum atomic E-state index is 10.5. The average molecular weight is 357 g/mol. The summed E-state index contributed by atoms with van der Waals surface area (Å²) in [6.45, 7) is 4.63. The van der Waals surface area contributed by atoms with Gasteiger partial charge in [0, 0.05) is 0 Å². The number of carboxylic acids is 1. The smallest absolute Gasteiger partial charge is 0.332 e. The van der Waals surface area contributed by atoms with Crippen LogP contribution in [0.15, 0.2) is 0 Å². The van der Waals surface area contributed by atoms with Crippen molar-refractivity contribution in [2.24, 2.45) is 5.92 Å². The van der Waals surface area contributed by atoms with Gasteiger partial charge in [-0.25, -0.2) is 4.79 Å². The molecule has 2 N–H and O–H groups in total. The zero-order chi connectivity index (χ0) is 18.8. The second-order valence-corrected chi connectivity index (χ2v) is 8.13. The highest BCUT2D eigenvalue weighted by atomic mass is 16.4. The Morgan fingerprint density at radius 1 is 0.600 bits per heavy atom. The number of aliphatic hydroxyl groups is 1. The lowest BCUT2D eigenvalue weighted by Gasteiger charge is -2.05. The zero-order valence-electron chi connectivity index (χ0n) is 17.0. The lowest BCUT2D eigenvalue weighted by molar-refractivity contribution is -0.146. The van der Waals surface area contributed by atoms with Crippen LogP contribution in [0.25, 0.3) is 0 Å². The fourth-order valence-electron chi connectivity index (χ4n) is 3.31. The molecule has 0 aliphatic rings. The van der Waals surface area contributed by atoms with Crippen molar-refractivity contribution in [1.82, 2.24) is 0 Å². The van der Waals surface area contributed by atoms with Gasteiger partial charge in [0.1, 0.15) is 0 Å². The molecule has 0 radical (unpaired) electrons. The molecule has 0 aromatic carbocycles. The van der Waals surface area contributed by atoms with Crippen LogP contribution < -0.4 is 0 Å². The summed E-state index contributed by atoms with van der Waals surface area (Å²) in [6.07, 6.45) is 20.2. The predicted molar refractivity (Wildman–Crippen MR) is 107 cm³/mol. The molecule has 0 spiro atoms. The molecule has 3 heteroatoms. The van der Waals surface area contributed by atoms with E-state index >= 15 is 0 Å². The van der Waals surface area contributed by atoms with E-state index < -0.39 is 12.1 Å². The Morgan fingerprint density at radius 3 is 1.16 bits per heavy atom. The third kappa shape index (κ3) is 19.6. The minimum Gasteiger partial charge on any atom is -0.479 e. The van der Waals surface area contributed by atoms with Gasteiger partial charge in [0.25, 0.3) is 0 Å². The molecule has 25 heavy (non-hydrogen) atoms. The summed E-state index contributed by atoms with van der Waals surface area (Å²) in [5, 5.41) is 17.7. The first-order valence-corrected chi connectivity index (χ1v) is 10.9. The van der Waals surface area contributed by atoms with E-state index in [-0.39, 0.29) is 0 Å². The van der Waals surface area contributed by atoms with E-state index in [1.807, 2.05) is 0 Å². The Kier molecular flexibility index (Phi) is 17.8. The van der Waals surface area contributed by atoms with Crippen molar-refractivity contribution < 1.29 is 15.0 Å². The maximum Gasteiger partial charge on any atom is 0.332 e. The van der Waals surface area contributed by atoms with Crippen LogP contribution in [-0.2, 0) is 4.79 Å². The van der Waals surface area contributed by atoms with Crippen molar-refractivity contribution >= 4 is 5.97 Å². The quantitative estimate of drug-likeness (QED) is 0.253. The number of carbonyl (C=O) groups is 1. The Bertz CT molecular complexity index is 289. The van der Waals surface area contributed by atoms with Crippen LogP contribution in [0.4, 0.5) is 0 Å². The molecule has 1 unspecified atom stereocenters. The molecule has 0 bridgehead atoms. The summed E-state index contributed by atoms with van der Waals surface area (Å²) in [7, 11) is 0. The number of aliphatic hydroxyl groups excluding tert-OH is 1. The van der Waals surface area contributed by atoms with Gasteiger partial charge < -0.3 is 10.2 Å². The Morgan fingerprint density at radius 2 is 0.880 bits per heavy atom. The van der Waals surface area contributed by atoms with Crippen molar-refractivity contribution in [1.29, 1.82) is 0 Å². The summed E-state index contributed by atoms with van der Waals surface area (Å²) >= 11 is 0. The second-order valence-electron chi connectivity index (χ2n) is 8.13. The monoisotopic (exact) mass is 356 g/mol. The Balaban J connectivity index is 3.06. The van der Waals surface area contributed by atoms with Crippen molar-refractivity contribution in [2.75, 3.05) is 0 Å². The number of carboxylic acid groups (broad SMARTS) is 1. The van der Waals surface area contributed by atoms with E-state index in [1.165, 1.54) is 89.9 Å². The van der Waals surface area contributed by atoms with Gasteiger partial charge in [-0.3, -0.25) is 0 Å². The minimum absolute atomic E-state index is 0.396. The minimum atomic E-state index is -1.17. The van der Waals surface area contributed by atoms with Gasteiger partial charge in [-0.15, -0.1) is 0 Å². The molecule has 3 nitrogen and oxygen atoms in total. The number of hydrogen-bond acceptors (Lipinski definition) is 2. The van der Waals surface area contributed by atoms with E-state index in [1.54, 1.807) is 0 Å². The Hall–Kier alpha value is -0.570. The molecule has 0 heterocycles. The summed E-state index contributed by atoms with van der Waals surface area (Å²) < 4.78 is 0. The van der Waals surface area contributed by atoms with E-state index in [0.717, 1.165) is 18.8 Å². The Labute approximate surface area is 156 Å². The number of hydrogen-bond donors (Lipinski definition) is 2. The van der Waals surface area contributed by atoms with Crippen molar-refractivity contribution in [3.05, 3.63) is 0 Å². The molecule has 150 valence electrons. The summed E-state index contributed by atoms with van der Waals surface area (Å²) in [5.41, 5.74) is 0. The first-order chi connectivity index (χ1) is 12.0. The van der Waals surface area contributed by atoms with Crippen LogP contribution in [0.5, 0.6) is 0 Å². The SMILES string of the molecule is CC(C)CCCCCCCCCCCCCCCCCC(O)C(=O)O. The maximum absolute atomic E-state index is 10.5. The lowest BCUT2D eigenvalue weighted by atomic mass is 10.0.